The molecule has 18 heavy (non-hydrogen) atoms. The molecule has 0 aliphatic rings. The van der Waals surface area contributed by atoms with Crippen molar-refractivity contribution in [3.63, 3.8) is 0 Å². The second kappa shape index (κ2) is 7.87. The molecule has 0 fully saturated rings. The SMILES string of the molecule is CCCCCCNc1cc(NN)nc(C(C)C)n1. The summed E-state index contributed by atoms with van der Waals surface area (Å²) in [5.41, 5.74) is 2.58. The number of hydrogen-bond acceptors (Lipinski definition) is 5. The molecule has 1 aromatic rings. The molecular weight excluding hydrogens is 226 g/mol. The van der Waals surface area contributed by atoms with Gasteiger partial charge < -0.3 is 10.7 Å². The average molecular weight is 251 g/mol. The quantitative estimate of drug-likeness (QED) is 0.376. The number of nitrogen functional groups attached to an aromatic ring is 1. The molecule has 0 aliphatic carbocycles. The van der Waals surface area contributed by atoms with Crippen molar-refractivity contribution in [2.45, 2.75) is 52.4 Å². The zero-order valence-electron chi connectivity index (χ0n) is 11.7. The first-order chi connectivity index (χ1) is 8.67. The smallest absolute Gasteiger partial charge is 0.145 e. The van der Waals surface area contributed by atoms with Crippen molar-refractivity contribution in [1.29, 1.82) is 0 Å². The number of unbranched alkanes of at least 4 members (excludes halogenated alkanes) is 3. The summed E-state index contributed by atoms with van der Waals surface area (Å²) in [5, 5.41) is 3.33. The molecule has 0 saturated carbocycles. The molecule has 5 nitrogen and oxygen atoms in total. The third kappa shape index (κ3) is 4.87. The monoisotopic (exact) mass is 251 g/mol. The number of rotatable bonds is 8. The molecule has 1 aromatic heterocycles. The van der Waals surface area contributed by atoms with Crippen LogP contribution >= 0.6 is 0 Å². The largest absolute Gasteiger partial charge is 0.370 e. The van der Waals surface area contributed by atoms with Crippen molar-refractivity contribution in [1.82, 2.24) is 9.97 Å². The highest BCUT2D eigenvalue weighted by Crippen LogP contribution is 2.16. The zero-order chi connectivity index (χ0) is 13.4. The van der Waals surface area contributed by atoms with E-state index >= 15 is 0 Å². The first-order valence-corrected chi connectivity index (χ1v) is 6.76. The lowest BCUT2D eigenvalue weighted by Gasteiger charge is -2.11. The second-order valence-electron chi connectivity index (χ2n) is 4.78. The molecule has 1 rings (SSSR count). The van der Waals surface area contributed by atoms with E-state index in [4.69, 9.17) is 5.84 Å². The number of hydrogen-bond donors (Lipinski definition) is 3. The highest BCUT2D eigenvalue weighted by Gasteiger charge is 2.07. The second-order valence-corrected chi connectivity index (χ2v) is 4.78. The van der Waals surface area contributed by atoms with Crippen LogP contribution in [0.4, 0.5) is 11.6 Å². The number of nitrogens with one attached hydrogen (secondary N) is 2. The fourth-order valence-electron chi connectivity index (χ4n) is 1.66. The lowest BCUT2D eigenvalue weighted by molar-refractivity contribution is 0.683. The van der Waals surface area contributed by atoms with Crippen LogP contribution in [-0.2, 0) is 0 Å². The van der Waals surface area contributed by atoms with Crippen LogP contribution in [0, 0.1) is 0 Å². The lowest BCUT2D eigenvalue weighted by Crippen LogP contribution is -2.13. The fourth-order valence-corrected chi connectivity index (χ4v) is 1.66. The standard InChI is InChI=1S/C13H25N5/c1-4-5-6-7-8-15-11-9-12(18-14)17-13(16-11)10(2)3/h9-10H,4-8,14H2,1-3H3,(H2,15,16,17,18). The van der Waals surface area contributed by atoms with Crippen molar-refractivity contribution in [3.05, 3.63) is 11.9 Å². The van der Waals surface area contributed by atoms with Crippen LogP contribution < -0.4 is 16.6 Å². The molecule has 102 valence electrons. The Balaban J connectivity index is 2.56. The van der Waals surface area contributed by atoms with E-state index in [1.807, 2.05) is 6.07 Å². The summed E-state index contributed by atoms with van der Waals surface area (Å²) >= 11 is 0. The third-order valence-electron chi connectivity index (χ3n) is 2.74. The van der Waals surface area contributed by atoms with Gasteiger partial charge in [0.2, 0.25) is 0 Å². The molecule has 5 heteroatoms. The predicted molar refractivity (Wildman–Crippen MR) is 76.6 cm³/mol. The molecular formula is C13H25N5. The Hall–Kier alpha value is -1.36. The Morgan fingerprint density at radius 1 is 1.17 bits per heavy atom. The topological polar surface area (TPSA) is 75.9 Å². The van der Waals surface area contributed by atoms with E-state index in [1.54, 1.807) is 0 Å². The molecule has 0 saturated heterocycles. The van der Waals surface area contributed by atoms with Gasteiger partial charge in [-0.1, -0.05) is 40.0 Å². The summed E-state index contributed by atoms with van der Waals surface area (Å²) in [6, 6.07) is 1.84. The molecule has 1 heterocycles. The number of anilines is 2. The first-order valence-electron chi connectivity index (χ1n) is 6.76. The van der Waals surface area contributed by atoms with Crippen LogP contribution in [0.1, 0.15) is 58.2 Å². The number of aromatic nitrogens is 2. The minimum absolute atomic E-state index is 0.291. The molecule has 0 radical (unpaired) electrons. The van der Waals surface area contributed by atoms with Crippen LogP contribution in [0.25, 0.3) is 0 Å². The summed E-state index contributed by atoms with van der Waals surface area (Å²) in [6.07, 6.45) is 4.97. The van der Waals surface area contributed by atoms with Crippen LogP contribution in [0.3, 0.4) is 0 Å². The molecule has 0 bridgehead atoms. The van der Waals surface area contributed by atoms with Crippen molar-refractivity contribution in [2.24, 2.45) is 5.84 Å². The van der Waals surface area contributed by atoms with Crippen molar-refractivity contribution >= 4 is 11.6 Å². The van der Waals surface area contributed by atoms with Gasteiger partial charge in [0, 0.05) is 18.5 Å². The van der Waals surface area contributed by atoms with Gasteiger partial charge in [0.15, 0.2) is 0 Å². The highest BCUT2D eigenvalue weighted by atomic mass is 15.3. The van der Waals surface area contributed by atoms with Gasteiger partial charge in [0.1, 0.15) is 17.5 Å². The predicted octanol–water partition coefficient (Wildman–Crippen LogP) is 2.88. The molecule has 0 spiro atoms. The van der Waals surface area contributed by atoms with Crippen LogP contribution in [0.5, 0.6) is 0 Å². The van der Waals surface area contributed by atoms with Gasteiger partial charge in [-0.05, 0) is 6.42 Å². The Morgan fingerprint density at radius 2 is 1.89 bits per heavy atom. The van der Waals surface area contributed by atoms with Gasteiger partial charge in [-0.15, -0.1) is 0 Å². The van der Waals surface area contributed by atoms with Gasteiger partial charge in [0.25, 0.3) is 0 Å². The molecule has 0 unspecified atom stereocenters. The van der Waals surface area contributed by atoms with E-state index in [0.717, 1.165) is 18.2 Å². The van der Waals surface area contributed by atoms with Crippen LogP contribution in [-0.4, -0.2) is 16.5 Å². The van der Waals surface area contributed by atoms with E-state index < -0.39 is 0 Å². The van der Waals surface area contributed by atoms with Crippen molar-refractivity contribution in [2.75, 3.05) is 17.3 Å². The minimum Gasteiger partial charge on any atom is -0.370 e. The number of hydrazine groups is 1. The first kappa shape index (κ1) is 14.7. The van der Waals surface area contributed by atoms with Crippen molar-refractivity contribution in [3.8, 4) is 0 Å². The van der Waals surface area contributed by atoms with E-state index in [9.17, 15) is 0 Å². The van der Waals surface area contributed by atoms with E-state index in [2.05, 4.69) is 41.5 Å². The summed E-state index contributed by atoms with van der Waals surface area (Å²) in [5.74, 6) is 8.01. The molecule has 0 aliphatic heterocycles. The summed E-state index contributed by atoms with van der Waals surface area (Å²) in [6.45, 7) is 7.30. The molecule has 0 aromatic carbocycles. The van der Waals surface area contributed by atoms with Crippen LogP contribution in [0.15, 0.2) is 6.07 Å². The molecule has 0 atom stereocenters. The number of nitrogens with two attached hydrogens (primary N) is 1. The van der Waals surface area contributed by atoms with E-state index in [-0.39, 0.29) is 0 Å². The van der Waals surface area contributed by atoms with Crippen LogP contribution in [0.2, 0.25) is 0 Å². The van der Waals surface area contributed by atoms with Crippen molar-refractivity contribution < 1.29 is 0 Å². The molecule has 0 amide bonds. The Kier molecular flexibility index (Phi) is 6.43. The summed E-state index contributed by atoms with van der Waals surface area (Å²) in [7, 11) is 0. The number of nitrogens with zero attached hydrogens (tertiary/aromatic N) is 2. The maximum atomic E-state index is 5.41. The average Bonchev–Trinajstić information content (AvgIpc) is 2.38. The summed E-state index contributed by atoms with van der Waals surface area (Å²) in [4.78, 5) is 8.80. The maximum Gasteiger partial charge on any atom is 0.145 e. The third-order valence-corrected chi connectivity index (χ3v) is 2.74. The van der Waals surface area contributed by atoms with Gasteiger partial charge in [-0.3, -0.25) is 0 Å². The van der Waals surface area contributed by atoms with E-state index in [1.165, 1.54) is 25.7 Å². The van der Waals surface area contributed by atoms with Gasteiger partial charge in [-0.25, -0.2) is 15.8 Å². The zero-order valence-corrected chi connectivity index (χ0v) is 11.7. The Labute approximate surface area is 110 Å². The molecule has 4 N–H and O–H groups in total. The maximum absolute atomic E-state index is 5.41. The highest BCUT2D eigenvalue weighted by molar-refractivity contribution is 5.47. The summed E-state index contributed by atoms with van der Waals surface area (Å²) < 4.78 is 0. The minimum atomic E-state index is 0.291. The lowest BCUT2D eigenvalue weighted by atomic mass is 10.2. The van der Waals surface area contributed by atoms with Gasteiger partial charge in [0.05, 0.1) is 0 Å². The fraction of sp³-hybridized carbons (Fsp3) is 0.692. The normalized spacial score (nSPS) is 10.7. The van der Waals surface area contributed by atoms with E-state index in [0.29, 0.717) is 11.7 Å². The Morgan fingerprint density at radius 3 is 2.50 bits per heavy atom. The van der Waals surface area contributed by atoms with Gasteiger partial charge in [-0.2, -0.15) is 0 Å². The Bertz CT molecular complexity index is 351. The van der Waals surface area contributed by atoms with Gasteiger partial charge >= 0.3 is 0 Å².